The molecule has 1 aromatic carbocycles. The average molecular weight is 239 g/mol. The van der Waals surface area contributed by atoms with Gasteiger partial charge in [-0.05, 0) is 25.3 Å². The first-order valence-corrected chi connectivity index (χ1v) is 5.92. The number of hydrogen-bond acceptors (Lipinski definition) is 2. The number of halogens is 1. The first-order valence-electron chi connectivity index (χ1n) is 5.54. The highest BCUT2D eigenvalue weighted by atomic mass is 35.5. The Bertz CT molecular complexity index is 403. The van der Waals surface area contributed by atoms with Crippen LogP contribution in [0, 0.1) is 0 Å². The standard InChI is InChI=1S/C13H15ClO2/c1-16-13(9-5-4-8-12(13)15)10-6-2-3-7-11(10)14/h2-3,6-7H,4-5,8-9H2,1H3. The van der Waals surface area contributed by atoms with Gasteiger partial charge in [0.05, 0.1) is 0 Å². The summed E-state index contributed by atoms with van der Waals surface area (Å²) in [6.07, 6.45) is 3.27. The summed E-state index contributed by atoms with van der Waals surface area (Å²) in [5, 5.41) is 0.611. The summed E-state index contributed by atoms with van der Waals surface area (Å²) in [6, 6.07) is 7.45. The van der Waals surface area contributed by atoms with E-state index in [2.05, 4.69) is 0 Å². The second-order valence-electron chi connectivity index (χ2n) is 4.14. The predicted molar refractivity (Wildman–Crippen MR) is 63.6 cm³/mol. The van der Waals surface area contributed by atoms with Gasteiger partial charge in [0.2, 0.25) is 0 Å². The Morgan fingerprint density at radius 3 is 2.69 bits per heavy atom. The van der Waals surface area contributed by atoms with E-state index < -0.39 is 5.60 Å². The van der Waals surface area contributed by atoms with Gasteiger partial charge in [-0.15, -0.1) is 0 Å². The normalized spacial score (nSPS) is 25.8. The molecule has 1 fully saturated rings. The van der Waals surface area contributed by atoms with Crippen molar-refractivity contribution in [3.05, 3.63) is 34.9 Å². The number of Topliss-reactive ketones (excluding diaryl/α,β-unsaturated/α-hetero) is 1. The average Bonchev–Trinajstić information content (AvgIpc) is 2.31. The molecule has 0 N–H and O–H groups in total. The Hall–Kier alpha value is -0.860. The highest BCUT2D eigenvalue weighted by Crippen LogP contribution is 2.40. The molecular weight excluding hydrogens is 224 g/mol. The highest BCUT2D eigenvalue weighted by Gasteiger charge is 2.42. The number of rotatable bonds is 2. The van der Waals surface area contributed by atoms with Crippen molar-refractivity contribution in [1.29, 1.82) is 0 Å². The predicted octanol–water partition coefficient (Wildman–Crippen LogP) is 3.32. The van der Waals surface area contributed by atoms with Gasteiger partial charge in [-0.1, -0.05) is 29.8 Å². The fraction of sp³-hybridized carbons (Fsp3) is 0.462. The lowest BCUT2D eigenvalue weighted by Gasteiger charge is -2.35. The summed E-state index contributed by atoms with van der Waals surface area (Å²) in [5.74, 6) is 0.148. The summed E-state index contributed by atoms with van der Waals surface area (Å²) in [5.41, 5.74) is 0.000201. The van der Waals surface area contributed by atoms with Crippen LogP contribution in [0.5, 0.6) is 0 Å². The zero-order valence-corrected chi connectivity index (χ0v) is 10.1. The van der Waals surface area contributed by atoms with E-state index in [0.717, 1.165) is 24.8 Å². The minimum Gasteiger partial charge on any atom is -0.366 e. The van der Waals surface area contributed by atoms with Crippen LogP contribution in [-0.2, 0) is 15.1 Å². The lowest BCUT2D eigenvalue weighted by atomic mass is 9.78. The number of carbonyl (C=O) groups excluding carboxylic acids is 1. The molecule has 0 aliphatic heterocycles. The molecule has 0 spiro atoms. The second-order valence-corrected chi connectivity index (χ2v) is 4.55. The Balaban J connectivity index is 2.48. The summed E-state index contributed by atoms with van der Waals surface area (Å²) >= 11 is 6.16. The van der Waals surface area contributed by atoms with Crippen LogP contribution >= 0.6 is 11.6 Å². The van der Waals surface area contributed by atoms with E-state index in [1.165, 1.54) is 0 Å². The van der Waals surface area contributed by atoms with Gasteiger partial charge in [0.25, 0.3) is 0 Å². The molecule has 0 bridgehead atoms. The third-order valence-electron chi connectivity index (χ3n) is 3.29. The largest absolute Gasteiger partial charge is 0.366 e. The second kappa shape index (κ2) is 4.56. The number of carbonyl (C=O) groups is 1. The fourth-order valence-electron chi connectivity index (χ4n) is 2.40. The van der Waals surface area contributed by atoms with Crippen molar-refractivity contribution >= 4 is 17.4 Å². The molecular formula is C13H15ClO2. The van der Waals surface area contributed by atoms with Crippen molar-refractivity contribution in [3.8, 4) is 0 Å². The van der Waals surface area contributed by atoms with E-state index in [1.807, 2.05) is 18.2 Å². The molecule has 1 atom stereocenters. The number of hydrogen-bond donors (Lipinski definition) is 0. The smallest absolute Gasteiger partial charge is 0.169 e. The van der Waals surface area contributed by atoms with Crippen LogP contribution < -0.4 is 0 Å². The van der Waals surface area contributed by atoms with Gasteiger partial charge in [-0.2, -0.15) is 0 Å². The van der Waals surface area contributed by atoms with E-state index in [0.29, 0.717) is 11.4 Å². The van der Waals surface area contributed by atoms with Crippen LogP contribution in [0.1, 0.15) is 31.2 Å². The minimum atomic E-state index is -0.809. The molecule has 3 heteroatoms. The SMILES string of the molecule is COC1(c2ccccc2Cl)CCCCC1=O. The van der Waals surface area contributed by atoms with Gasteiger partial charge >= 0.3 is 0 Å². The number of ketones is 1. The molecule has 86 valence electrons. The molecule has 2 rings (SSSR count). The van der Waals surface area contributed by atoms with E-state index in [9.17, 15) is 4.79 Å². The van der Waals surface area contributed by atoms with Crippen molar-refractivity contribution in [1.82, 2.24) is 0 Å². The molecule has 0 amide bonds. The molecule has 1 aliphatic rings. The molecule has 16 heavy (non-hydrogen) atoms. The number of benzene rings is 1. The zero-order chi connectivity index (χ0) is 11.6. The Morgan fingerprint density at radius 1 is 1.31 bits per heavy atom. The summed E-state index contributed by atoms with van der Waals surface area (Å²) in [4.78, 5) is 12.1. The Kier molecular flexibility index (Phi) is 3.31. The first-order chi connectivity index (χ1) is 7.70. The maximum absolute atomic E-state index is 12.1. The lowest BCUT2D eigenvalue weighted by molar-refractivity contribution is -0.146. The number of ether oxygens (including phenoxy) is 1. The summed E-state index contributed by atoms with van der Waals surface area (Å²) in [6.45, 7) is 0. The Morgan fingerprint density at radius 2 is 2.06 bits per heavy atom. The molecule has 1 saturated carbocycles. The third kappa shape index (κ3) is 1.76. The maximum Gasteiger partial charge on any atom is 0.169 e. The monoisotopic (exact) mass is 238 g/mol. The fourth-order valence-corrected chi connectivity index (χ4v) is 2.69. The van der Waals surface area contributed by atoms with Crippen LogP contribution in [0.2, 0.25) is 5.02 Å². The van der Waals surface area contributed by atoms with Crippen molar-refractivity contribution in [2.45, 2.75) is 31.3 Å². The first kappa shape index (κ1) is 11.6. The third-order valence-corrected chi connectivity index (χ3v) is 3.62. The molecule has 2 nitrogen and oxygen atoms in total. The van der Waals surface area contributed by atoms with E-state index in [1.54, 1.807) is 13.2 Å². The summed E-state index contributed by atoms with van der Waals surface area (Å²) < 4.78 is 5.52. The van der Waals surface area contributed by atoms with Gasteiger partial charge in [-0.3, -0.25) is 4.79 Å². The van der Waals surface area contributed by atoms with E-state index in [4.69, 9.17) is 16.3 Å². The van der Waals surface area contributed by atoms with Gasteiger partial charge in [0.1, 0.15) is 0 Å². The Labute approximate surface area is 101 Å². The quantitative estimate of drug-likeness (QED) is 0.790. The van der Waals surface area contributed by atoms with Crippen LogP contribution in [-0.4, -0.2) is 12.9 Å². The van der Waals surface area contributed by atoms with Crippen LogP contribution in [0.4, 0.5) is 0 Å². The molecule has 0 heterocycles. The van der Waals surface area contributed by atoms with E-state index in [-0.39, 0.29) is 5.78 Å². The molecule has 0 aromatic heterocycles. The highest BCUT2D eigenvalue weighted by molar-refractivity contribution is 6.31. The van der Waals surface area contributed by atoms with Gasteiger partial charge < -0.3 is 4.74 Å². The van der Waals surface area contributed by atoms with Crippen LogP contribution in [0.15, 0.2) is 24.3 Å². The van der Waals surface area contributed by atoms with Gasteiger partial charge in [-0.25, -0.2) is 0 Å². The van der Waals surface area contributed by atoms with Crippen molar-refractivity contribution < 1.29 is 9.53 Å². The van der Waals surface area contributed by atoms with Crippen molar-refractivity contribution in [2.24, 2.45) is 0 Å². The minimum absolute atomic E-state index is 0.148. The summed E-state index contributed by atoms with van der Waals surface area (Å²) in [7, 11) is 1.59. The zero-order valence-electron chi connectivity index (χ0n) is 9.33. The molecule has 0 saturated heterocycles. The topological polar surface area (TPSA) is 26.3 Å². The molecule has 1 aliphatic carbocycles. The number of methoxy groups -OCH3 is 1. The van der Waals surface area contributed by atoms with Gasteiger partial charge in [0, 0.05) is 24.1 Å². The van der Waals surface area contributed by atoms with Crippen molar-refractivity contribution in [3.63, 3.8) is 0 Å². The van der Waals surface area contributed by atoms with Crippen LogP contribution in [0.3, 0.4) is 0 Å². The molecule has 1 aromatic rings. The van der Waals surface area contributed by atoms with Gasteiger partial charge in [0.15, 0.2) is 11.4 Å². The van der Waals surface area contributed by atoms with Crippen molar-refractivity contribution in [2.75, 3.05) is 7.11 Å². The van der Waals surface area contributed by atoms with Crippen LogP contribution in [0.25, 0.3) is 0 Å². The van der Waals surface area contributed by atoms with E-state index >= 15 is 0 Å². The lowest BCUT2D eigenvalue weighted by Crippen LogP contribution is -2.40. The molecule has 0 radical (unpaired) electrons. The molecule has 1 unspecified atom stereocenters. The maximum atomic E-state index is 12.1.